The number of benzene rings is 1. The minimum Gasteiger partial charge on any atom is -0.389 e. The molecule has 2 atom stereocenters. The Morgan fingerprint density at radius 2 is 2.00 bits per heavy atom. The Labute approximate surface area is 188 Å². The van der Waals surface area contributed by atoms with Crippen LogP contribution in [0.3, 0.4) is 0 Å². The molecule has 4 heterocycles. The van der Waals surface area contributed by atoms with Gasteiger partial charge in [-0.3, -0.25) is 4.68 Å². The summed E-state index contributed by atoms with van der Waals surface area (Å²) >= 11 is 0. The van der Waals surface area contributed by atoms with Crippen molar-refractivity contribution in [2.45, 2.75) is 45.3 Å². The number of nitrogen functional groups attached to an aromatic ring is 1. The highest BCUT2D eigenvalue weighted by Crippen LogP contribution is 2.33. The van der Waals surface area contributed by atoms with Crippen molar-refractivity contribution in [3.63, 3.8) is 0 Å². The molecule has 4 aromatic rings. The maximum Gasteiger partial charge on any atom is 0.223 e. The highest BCUT2D eigenvalue weighted by Gasteiger charge is 2.30. The normalized spacial score (nSPS) is 19.6. The molecule has 3 N–H and O–H groups in total. The largest absolute Gasteiger partial charge is 0.389 e. The third-order valence-electron chi connectivity index (χ3n) is 5.89. The van der Waals surface area contributed by atoms with Gasteiger partial charge in [0, 0.05) is 31.3 Å². The van der Waals surface area contributed by atoms with Gasteiger partial charge in [-0.15, -0.1) is 5.10 Å². The predicted molar refractivity (Wildman–Crippen MR) is 120 cm³/mol. The summed E-state index contributed by atoms with van der Waals surface area (Å²) in [6.07, 6.45) is 4.57. The lowest BCUT2D eigenvalue weighted by molar-refractivity contribution is 0.0577. The van der Waals surface area contributed by atoms with Gasteiger partial charge in [0.1, 0.15) is 11.3 Å². The van der Waals surface area contributed by atoms with Crippen molar-refractivity contribution >= 4 is 28.2 Å². The summed E-state index contributed by atoms with van der Waals surface area (Å²) in [5.41, 5.74) is 6.36. The molecule has 0 saturated carbocycles. The third kappa shape index (κ3) is 4.08. The van der Waals surface area contributed by atoms with E-state index in [1.54, 1.807) is 24.7 Å². The summed E-state index contributed by atoms with van der Waals surface area (Å²) in [4.78, 5) is 10.9. The quantitative estimate of drug-likeness (QED) is 0.486. The van der Waals surface area contributed by atoms with Crippen LogP contribution in [-0.4, -0.2) is 53.2 Å². The highest BCUT2D eigenvalue weighted by molar-refractivity contribution is 5.92. The molecule has 9 nitrogen and oxygen atoms in total. The van der Waals surface area contributed by atoms with Gasteiger partial charge in [0.25, 0.3) is 0 Å². The fraction of sp³-hybridized carbons (Fsp3) is 0.455. The molecule has 1 fully saturated rings. The molecule has 0 spiro atoms. The van der Waals surface area contributed by atoms with Crippen LogP contribution in [0.1, 0.15) is 38.9 Å². The van der Waals surface area contributed by atoms with Crippen molar-refractivity contribution in [2.75, 3.05) is 23.7 Å². The third-order valence-corrected chi connectivity index (χ3v) is 5.89. The predicted octanol–water partition coefficient (Wildman–Crippen LogP) is 2.74. The summed E-state index contributed by atoms with van der Waals surface area (Å²) in [5.74, 6) is -0.603. The van der Waals surface area contributed by atoms with E-state index in [1.165, 1.54) is 10.6 Å². The lowest BCUT2D eigenvalue weighted by Crippen LogP contribution is -2.39. The summed E-state index contributed by atoms with van der Waals surface area (Å²) in [6.45, 7) is 7.53. The van der Waals surface area contributed by atoms with Gasteiger partial charge in [0.05, 0.1) is 29.4 Å². The lowest BCUT2D eigenvalue weighted by atomic mass is 9.90. The first kappa shape index (κ1) is 21.5. The van der Waals surface area contributed by atoms with Crippen LogP contribution in [0.25, 0.3) is 16.6 Å². The van der Waals surface area contributed by atoms with E-state index in [-0.39, 0.29) is 28.4 Å². The second-order valence-electron chi connectivity index (χ2n) is 9.61. The van der Waals surface area contributed by atoms with Gasteiger partial charge >= 0.3 is 0 Å². The molecule has 11 heteroatoms. The Morgan fingerprint density at radius 3 is 2.76 bits per heavy atom. The zero-order valence-electron chi connectivity index (χ0n) is 18.7. The lowest BCUT2D eigenvalue weighted by Gasteiger charge is -2.36. The Balaban J connectivity index is 1.49. The fourth-order valence-electron chi connectivity index (χ4n) is 4.60. The highest BCUT2D eigenvalue weighted by atomic mass is 19.1. The molecule has 0 radical (unpaired) electrons. The maximum absolute atomic E-state index is 14.3. The molecule has 1 aromatic carbocycles. The second kappa shape index (κ2) is 7.62. The number of aliphatic hydroxyl groups is 1. The monoisotopic (exact) mass is 456 g/mol. The van der Waals surface area contributed by atoms with Crippen molar-refractivity contribution in [3.05, 3.63) is 42.0 Å². The van der Waals surface area contributed by atoms with Crippen LogP contribution in [0.5, 0.6) is 0 Å². The molecule has 1 aliphatic heterocycles. The van der Waals surface area contributed by atoms with E-state index in [2.05, 4.69) is 32.0 Å². The zero-order chi connectivity index (χ0) is 23.5. The van der Waals surface area contributed by atoms with E-state index in [9.17, 15) is 13.9 Å². The molecule has 174 valence electrons. The number of halogens is 2. The number of anilines is 2. The summed E-state index contributed by atoms with van der Waals surface area (Å²) in [7, 11) is 0. The van der Waals surface area contributed by atoms with Gasteiger partial charge < -0.3 is 15.7 Å². The first-order chi connectivity index (χ1) is 15.6. The molecular formula is C22H26F2N8O. The molecule has 33 heavy (non-hydrogen) atoms. The Hall–Kier alpha value is -3.34. The Morgan fingerprint density at radius 1 is 1.21 bits per heavy atom. The molecule has 1 saturated heterocycles. The average Bonchev–Trinajstić information content (AvgIpc) is 3.35. The average molecular weight is 457 g/mol. The Kier molecular flexibility index (Phi) is 4.96. The minimum absolute atomic E-state index is 0.00429. The molecular weight excluding hydrogens is 430 g/mol. The standard InChI is InChI=1S/C22H26F2N8O/c1-12-4-13(9-30(8-12)15-7-26-31(10-15)11-22(2,3)33)19-28-20-16-5-14(23)6-17(24)18(16)27-21(25)32(20)29-19/h5-7,10,12-13,33H,4,8-9,11H2,1-3H3,(H2,25,27)/t12-,13-/m1/s1. The molecule has 1 aliphatic rings. The van der Waals surface area contributed by atoms with Crippen molar-refractivity contribution < 1.29 is 13.9 Å². The zero-order valence-corrected chi connectivity index (χ0v) is 18.7. The summed E-state index contributed by atoms with van der Waals surface area (Å²) in [6, 6.07) is 1.98. The van der Waals surface area contributed by atoms with E-state index in [0.29, 0.717) is 24.8 Å². The van der Waals surface area contributed by atoms with Crippen molar-refractivity contribution in [3.8, 4) is 0 Å². The Bertz CT molecular complexity index is 1340. The van der Waals surface area contributed by atoms with Gasteiger partial charge in [-0.1, -0.05) is 6.92 Å². The molecule has 3 aromatic heterocycles. The smallest absolute Gasteiger partial charge is 0.223 e. The van der Waals surface area contributed by atoms with E-state index in [1.807, 2.05) is 6.20 Å². The molecule has 0 aliphatic carbocycles. The van der Waals surface area contributed by atoms with E-state index < -0.39 is 17.2 Å². The van der Waals surface area contributed by atoms with Crippen LogP contribution < -0.4 is 10.6 Å². The molecule has 0 unspecified atom stereocenters. The summed E-state index contributed by atoms with van der Waals surface area (Å²) in [5, 5.41) is 19.2. The van der Waals surface area contributed by atoms with Crippen molar-refractivity contribution in [1.82, 2.24) is 29.4 Å². The molecule has 5 rings (SSSR count). The second-order valence-corrected chi connectivity index (χ2v) is 9.61. The van der Waals surface area contributed by atoms with Gasteiger partial charge in [-0.05, 0) is 32.3 Å². The number of fused-ring (bicyclic) bond motifs is 3. The van der Waals surface area contributed by atoms with Crippen LogP contribution >= 0.6 is 0 Å². The van der Waals surface area contributed by atoms with Crippen LogP contribution in [0.4, 0.5) is 20.4 Å². The van der Waals surface area contributed by atoms with Gasteiger partial charge in [-0.2, -0.15) is 9.61 Å². The summed E-state index contributed by atoms with van der Waals surface area (Å²) < 4.78 is 31.2. The number of nitrogens with zero attached hydrogens (tertiary/aromatic N) is 7. The van der Waals surface area contributed by atoms with Gasteiger partial charge in [-0.25, -0.2) is 18.7 Å². The first-order valence-electron chi connectivity index (χ1n) is 10.9. The van der Waals surface area contributed by atoms with Crippen LogP contribution in [0, 0.1) is 17.6 Å². The number of rotatable bonds is 4. The van der Waals surface area contributed by atoms with Crippen LogP contribution in [-0.2, 0) is 6.54 Å². The number of nitrogens with two attached hydrogens (primary N) is 1. The van der Waals surface area contributed by atoms with Crippen molar-refractivity contribution in [1.29, 1.82) is 0 Å². The number of piperidine rings is 1. The number of aromatic nitrogens is 6. The van der Waals surface area contributed by atoms with E-state index >= 15 is 0 Å². The van der Waals surface area contributed by atoms with E-state index in [0.717, 1.165) is 24.7 Å². The minimum atomic E-state index is -0.864. The molecule has 0 bridgehead atoms. The van der Waals surface area contributed by atoms with Crippen molar-refractivity contribution in [2.24, 2.45) is 5.92 Å². The molecule has 0 amide bonds. The number of hydrogen-bond acceptors (Lipinski definition) is 7. The van der Waals surface area contributed by atoms with Crippen LogP contribution in [0.2, 0.25) is 0 Å². The number of hydrogen-bond donors (Lipinski definition) is 2. The topological polar surface area (TPSA) is 110 Å². The van der Waals surface area contributed by atoms with Crippen LogP contribution in [0.15, 0.2) is 24.5 Å². The van der Waals surface area contributed by atoms with E-state index in [4.69, 9.17) is 5.73 Å². The first-order valence-corrected chi connectivity index (χ1v) is 10.9. The fourth-order valence-corrected chi connectivity index (χ4v) is 4.60. The van der Waals surface area contributed by atoms with Gasteiger partial charge in [0.2, 0.25) is 5.95 Å². The SMILES string of the molecule is C[C@@H]1C[C@@H](c2nc3c4cc(F)cc(F)c4nc(N)n3n2)CN(c2cnn(CC(C)(C)O)c2)C1. The van der Waals surface area contributed by atoms with Gasteiger partial charge in [0.15, 0.2) is 17.3 Å². The maximum atomic E-state index is 14.3.